The van der Waals surface area contributed by atoms with Gasteiger partial charge in [0.15, 0.2) is 11.9 Å². The van der Waals surface area contributed by atoms with E-state index in [9.17, 15) is 43.8 Å². The van der Waals surface area contributed by atoms with Crippen LogP contribution in [0.25, 0.3) is 0 Å². The Morgan fingerprint density at radius 2 is 1.34 bits per heavy atom. The number of carboxylic acid groups (broad SMARTS) is 1. The Morgan fingerprint density at radius 3 is 1.86 bits per heavy atom. The molecule has 0 aromatic heterocycles. The summed E-state index contributed by atoms with van der Waals surface area (Å²) in [5, 5.41) is 33.1. The molecule has 6 amide bonds. The van der Waals surface area contributed by atoms with E-state index in [1.54, 1.807) is 39.8 Å². The first-order valence-electron chi connectivity index (χ1n) is 22.0. The molecule has 1 aromatic rings. The number of carbonyl (C=O) groups excluding carboxylic acids is 6. The second-order valence-electron chi connectivity index (χ2n) is 17.7. The van der Waals surface area contributed by atoms with Gasteiger partial charge in [0, 0.05) is 26.1 Å². The summed E-state index contributed by atoms with van der Waals surface area (Å²) >= 11 is 0. The van der Waals surface area contributed by atoms with Crippen molar-refractivity contribution in [3.63, 3.8) is 0 Å². The number of likely N-dealkylation sites (tertiary alicyclic amines) is 1. The van der Waals surface area contributed by atoms with Gasteiger partial charge in [0.1, 0.15) is 47.6 Å². The SMILES string of the molecule is CC[C@H](C)[C@H](NC(=O)[C@H](Cc1ccc(O)cc1)NC(=O)[C@@H]1CCCN1C(=O)[C@H](CCCN=C(N)N)NC(=O)[C@H](CCCN=C(N)N)NC(=O)OC(C)(C)C)C(=O)N[C@@H](CC(C)C)C(=O)O. The molecule has 1 aliphatic heterocycles. The lowest BCUT2D eigenvalue weighted by atomic mass is 9.96. The van der Waals surface area contributed by atoms with Gasteiger partial charge in [0.05, 0.1) is 0 Å². The van der Waals surface area contributed by atoms with Gasteiger partial charge >= 0.3 is 12.1 Å². The number of guanidine groups is 2. The zero-order chi connectivity index (χ0) is 49.0. The Bertz CT molecular complexity index is 1830. The van der Waals surface area contributed by atoms with Crippen molar-refractivity contribution in [2.45, 2.75) is 148 Å². The number of rotatable bonds is 25. The lowest BCUT2D eigenvalue weighted by Crippen LogP contribution is -2.60. The highest BCUT2D eigenvalue weighted by atomic mass is 16.6. The molecule has 2 rings (SSSR count). The summed E-state index contributed by atoms with van der Waals surface area (Å²) in [5.74, 6) is -5.53. The molecule has 0 unspecified atom stereocenters. The van der Waals surface area contributed by atoms with Crippen LogP contribution in [0.3, 0.4) is 0 Å². The topological polar surface area (TPSA) is 361 Å². The van der Waals surface area contributed by atoms with Crippen molar-refractivity contribution < 1.29 is 48.5 Å². The summed E-state index contributed by atoms with van der Waals surface area (Å²) in [6, 6.07) is -1.21. The summed E-state index contributed by atoms with van der Waals surface area (Å²) < 4.78 is 5.38. The van der Waals surface area contributed by atoms with E-state index in [-0.39, 0.29) is 88.2 Å². The molecule has 22 heteroatoms. The van der Waals surface area contributed by atoms with Crippen LogP contribution in [0.4, 0.5) is 4.79 Å². The number of carbonyl (C=O) groups is 7. The molecule has 0 spiro atoms. The van der Waals surface area contributed by atoms with Gasteiger partial charge in [0.2, 0.25) is 29.5 Å². The molecule has 0 radical (unpaired) electrons. The van der Waals surface area contributed by atoms with E-state index in [0.29, 0.717) is 18.4 Å². The molecular formula is C43H72N12O10. The molecule has 0 bridgehead atoms. The molecule has 15 N–H and O–H groups in total. The van der Waals surface area contributed by atoms with Crippen LogP contribution >= 0.6 is 0 Å². The Kier molecular flexibility index (Phi) is 22.3. The second-order valence-corrected chi connectivity index (χ2v) is 17.7. The molecule has 7 atom stereocenters. The third-order valence-corrected chi connectivity index (χ3v) is 10.5. The third-order valence-electron chi connectivity index (χ3n) is 10.5. The van der Waals surface area contributed by atoms with Crippen LogP contribution in [0.5, 0.6) is 5.75 Å². The number of nitrogens with one attached hydrogen (secondary N) is 5. The zero-order valence-electron chi connectivity index (χ0n) is 38.7. The third kappa shape index (κ3) is 19.9. The summed E-state index contributed by atoms with van der Waals surface area (Å²) in [6.07, 6.45) is 0.844. The van der Waals surface area contributed by atoms with E-state index in [4.69, 9.17) is 27.7 Å². The smallest absolute Gasteiger partial charge is 0.408 e. The maximum absolute atomic E-state index is 14.5. The molecule has 1 saturated heterocycles. The van der Waals surface area contributed by atoms with E-state index in [0.717, 1.165) is 0 Å². The van der Waals surface area contributed by atoms with E-state index in [1.165, 1.54) is 17.0 Å². The number of aliphatic imine (C=N–C) groups is 2. The maximum atomic E-state index is 14.5. The quantitative estimate of drug-likeness (QED) is 0.0351. The van der Waals surface area contributed by atoms with E-state index in [1.807, 2.05) is 20.8 Å². The molecule has 1 aromatic carbocycles. The molecule has 22 nitrogen and oxygen atoms in total. The predicted octanol–water partition coefficient (Wildman–Crippen LogP) is 0.0422. The van der Waals surface area contributed by atoms with E-state index >= 15 is 0 Å². The Labute approximate surface area is 380 Å². The summed E-state index contributed by atoms with van der Waals surface area (Å²) in [7, 11) is 0. The van der Waals surface area contributed by atoms with Gasteiger partial charge in [-0.3, -0.25) is 34.0 Å². The van der Waals surface area contributed by atoms with E-state index < -0.39 is 89.4 Å². The number of amides is 6. The summed E-state index contributed by atoms with van der Waals surface area (Å²) in [5.41, 5.74) is 21.6. The van der Waals surface area contributed by atoms with Crippen LogP contribution in [0.1, 0.15) is 105 Å². The highest BCUT2D eigenvalue weighted by Crippen LogP contribution is 2.22. The molecule has 364 valence electrons. The Hall–Kier alpha value is -6.35. The molecule has 1 fully saturated rings. The number of nitrogens with zero attached hydrogens (tertiary/aromatic N) is 3. The average molecular weight is 917 g/mol. The summed E-state index contributed by atoms with van der Waals surface area (Å²) in [4.78, 5) is 105. The number of hydrogen-bond donors (Lipinski definition) is 11. The maximum Gasteiger partial charge on any atom is 0.408 e. The van der Waals surface area contributed by atoms with Gasteiger partial charge in [-0.25, -0.2) is 9.59 Å². The van der Waals surface area contributed by atoms with Crippen molar-refractivity contribution in [2.75, 3.05) is 19.6 Å². The number of aliphatic carboxylic acids is 1. The molecule has 0 saturated carbocycles. The number of nitrogens with two attached hydrogens (primary N) is 4. The second kappa shape index (κ2) is 26.4. The molecule has 1 aliphatic rings. The van der Waals surface area contributed by atoms with Gasteiger partial charge in [-0.05, 0) is 95.2 Å². The number of alkyl carbamates (subject to hydrolysis) is 1. The lowest BCUT2D eigenvalue weighted by Gasteiger charge is -2.31. The van der Waals surface area contributed by atoms with Crippen molar-refractivity contribution >= 4 is 53.5 Å². The fraction of sp³-hybridized carbons (Fsp3) is 0.651. The van der Waals surface area contributed by atoms with Gasteiger partial charge < -0.3 is 69.4 Å². The molecule has 65 heavy (non-hydrogen) atoms. The monoisotopic (exact) mass is 917 g/mol. The molecular weight excluding hydrogens is 845 g/mol. The predicted molar refractivity (Wildman–Crippen MR) is 244 cm³/mol. The highest BCUT2D eigenvalue weighted by Gasteiger charge is 2.40. The molecule has 0 aliphatic carbocycles. The van der Waals surface area contributed by atoms with Crippen molar-refractivity contribution in [1.82, 2.24) is 31.5 Å². The zero-order valence-corrected chi connectivity index (χ0v) is 38.7. The minimum atomic E-state index is -1.30. The van der Waals surface area contributed by atoms with Crippen LogP contribution in [-0.4, -0.2) is 130 Å². The normalized spacial score (nSPS) is 16.4. The number of benzene rings is 1. The number of ether oxygens (including phenoxy) is 1. The van der Waals surface area contributed by atoms with Crippen LogP contribution < -0.4 is 49.5 Å². The van der Waals surface area contributed by atoms with Crippen molar-refractivity contribution in [3.8, 4) is 5.75 Å². The Morgan fingerprint density at radius 1 is 0.785 bits per heavy atom. The first-order chi connectivity index (χ1) is 30.4. The minimum Gasteiger partial charge on any atom is -0.508 e. The standard InChI is InChI=1S/C43H72N12O10/c1-8-25(4)33(37(60)52-31(39(62)63)22-24(2)3)54-35(58)30(23-26-15-17-27(56)18-16-26)51-36(59)32-14-11-21-55(32)38(61)29(13-10-20-49-41(46)47)50-34(57)28(12-9-19-48-40(44)45)53-42(64)65-43(5,6)7/h15-18,24-25,28-33,56H,8-14,19-23H2,1-7H3,(H,50,57)(H,51,59)(H,52,60)(H,53,64)(H,54,58)(H,62,63)(H4,44,45,48)(H4,46,47,49)/t25-,28-,29-,30-,31-,32-,33-/m0/s1. The van der Waals surface area contributed by atoms with Crippen molar-refractivity contribution in [3.05, 3.63) is 29.8 Å². The van der Waals surface area contributed by atoms with Crippen LogP contribution in [0.15, 0.2) is 34.3 Å². The van der Waals surface area contributed by atoms with Gasteiger partial charge in [-0.15, -0.1) is 0 Å². The number of aromatic hydroxyl groups is 1. The minimum absolute atomic E-state index is 0.0281. The van der Waals surface area contributed by atoms with Crippen LogP contribution in [0, 0.1) is 11.8 Å². The van der Waals surface area contributed by atoms with Gasteiger partial charge in [-0.2, -0.15) is 0 Å². The summed E-state index contributed by atoms with van der Waals surface area (Å²) in [6.45, 7) is 12.5. The van der Waals surface area contributed by atoms with Crippen molar-refractivity contribution in [1.29, 1.82) is 0 Å². The highest BCUT2D eigenvalue weighted by molar-refractivity contribution is 5.97. The fourth-order valence-corrected chi connectivity index (χ4v) is 7.01. The molecule has 1 heterocycles. The fourth-order valence-electron chi connectivity index (χ4n) is 7.01. The van der Waals surface area contributed by atoms with Crippen LogP contribution in [0.2, 0.25) is 0 Å². The Balaban J connectivity index is 2.46. The first-order valence-corrected chi connectivity index (χ1v) is 22.0. The van der Waals surface area contributed by atoms with Gasteiger partial charge in [-0.1, -0.05) is 46.2 Å². The number of phenolic OH excluding ortho intramolecular Hbond substituents is 1. The lowest BCUT2D eigenvalue weighted by molar-refractivity contribution is -0.143. The van der Waals surface area contributed by atoms with Crippen LogP contribution in [-0.2, 0) is 39.9 Å². The average Bonchev–Trinajstić information content (AvgIpc) is 3.71. The van der Waals surface area contributed by atoms with E-state index in [2.05, 4.69) is 36.6 Å². The number of hydrogen-bond acceptors (Lipinski definition) is 11. The number of phenols is 1. The largest absolute Gasteiger partial charge is 0.508 e. The first kappa shape index (κ1) is 54.8. The number of carboxylic acids is 1. The van der Waals surface area contributed by atoms with Gasteiger partial charge in [0.25, 0.3) is 0 Å². The van der Waals surface area contributed by atoms with Crippen molar-refractivity contribution in [2.24, 2.45) is 44.8 Å².